The van der Waals surface area contributed by atoms with Crippen molar-refractivity contribution >= 4 is 17.3 Å². The highest BCUT2D eigenvalue weighted by atomic mass is 35.5. The van der Waals surface area contributed by atoms with E-state index in [1.807, 2.05) is 18.2 Å². The summed E-state index contributed by atoms with van der Waals surface area (Å²) in [7, 11) is 0. The SMILES string of the molecule is Cc1cc(CNc2ccnc(Cl)c2)cc(C)c1F. The third-order valence-electron chi connectivity index (χ3n) is 2.72. The number of hydrogen-bond donors (Lipinski definition) is 1. The van der Waals surface area contributed by atoms with E-state index in [1.54, 1.807) is 26.1 Å². The van der Waals surface area contributed by atoms with Crippen molar-refractivity contribution in [2.24, 2.45) is 0 Å². The third kappa shape index (κ3) is 2.99. The van der Waals surface area contributed by atoms with Gasteiger partial charge in [-0.3, -0.25) is 0 Å². The van der Waals surface area contributed by atoms with Gasteiger partial charge in [0.2, 0.25) is 0 Å². The summed E-state index contributed by atoms with van der Waals surface area (Å²) in [6, 6.07) is 7.29. The lowest BCUT2D eigenvalue weighted by Gasteiger charge is -2.09. The predicted molar refractivity (Wildman–Crippen MR) is 72.4 cm³/mol. The number of nitrogens with one attached hydrogen (secondary N) is 1. The Morgan fingerprint density at radius 3 is 2.50 bits per heavy atom. The Balaban J connectivity index is 2.11. The van der Waals surface area contributed by atoms with Crippen LogP contribution in [0.25, 0.3) is 0 Å². The summed E-state index contributed by atoms with van der Waals surface area (Å²) in [5.74, 6) is -0.134. The van der Waals surface area contributed by atoms with E-state index in [0.717, 1.165) is 11.3 Å². The fraction of sp³-hybridized carbons (Fsp3) is 0.214. The van der Waals surface area contributed by atoms with Crippen LogP contribution in [0.3, 0.4) is 0 Å². The van der Waals surface area contributed by atoms with E-state index in [9.17, 15) is 4.39 Å². The standard InChI is InChI=1S/C14H14ClFN2/c1-9-5-11(6-10(2)14(9)16)8-18-12-3-4-17-13(15)7-12/h3-7H,8H2,1-2H3,(H,17,18). The van der Waals surface area contributed by atoms with Crippen molar-refractivity contribution in [3.8, 4) is 0 Å². The van der Waals surface area contributed by atoms with Crippen LogP contribution in [0.5, 0.6) is 0 Å². The van der Waals surface area contributed by atoms with Gasteiger partial charge in [-0.1, -0.05) is 23.7 Å². The highest BCUT2D eigenvalue weighted by Crippen LogP contribution is 2.17. The molecule has 1 aromatic heterocycles. The minimum atomic E-state index is -0.134. The lowest BCUT2D eigenvalue weighted by Crippen LogP contribution is -2.01. The van der Waals surface area contributed by atoms with Gasteiger partial charge in [0.05, 0.1) is 0 Å². The summed E-state index contributed by atoms with van der Waals surface area (Å²) in [6.07, 6.45) is 1.64. The number of aromatic nitrogens is 1. The maximum atomic E-state index is 13.5. The highest BCUT2D eigenvalue weighted by Gasteiger charge is 2.04. The monoisotopic (exact) mass is 264 g/mol. The zero-order valence-corrected chi connectivity index (χ0v) is 11.1. The first-order valence-corrected chi connectivity index (χ1v) is 6.05. The van der Waals surface area contributed by atoms with Crippen LogP contribution < -0.4 is 5.32 Å². The van der Waals surface area contributed by atoms with E-state index in [2.05, 4.69) is 10.3 Å². The first-order valence-electron chi connectivity index (χ1n) is 5.67. The molecule has 2 rings (SSSR count). The van der Waals surface area contributed by atoms with E-state index in [1.165, 1.54) is 0 Å². The van der Waals surface area contributed by atoms with Gasteiger partial charge in [-0.15, -0.1) is 0 Å². The van der Waals surface area contributed by atoms with E-state index in [-0.39, 0.29) is 5.82 Å². The predicted octanol–water partition coefficient (Wildman–Crippen LogP) is 4.10. The molecule has 94 valence electrons. The minimum Gasteiger partial charge on any atom is -0.381 e. The second-order valence-electron chi connectivity index (χ2n) is 4.26. The van der Waals surface area contributed by atoms with Crippen LogP contribution in [0.2, 0.25) is 5.15 Å². The topological polar surface area (TPSA) is 24.9 Å². The minimum absolute atomic E-state index is 0.134. The Morgan fingerprint density at radius 2 is 1.89 bits per heavy atom. The van der Waals surface area contributed by atoms with Gasteiger partial charge in [0.1, 0.15) is 11.0 Å². The molecular formula is C14H14ClFN2. The molecule has 0 atom stereocenters. The van der Waals surface area contributed by atoms with E-state index < -0.39 is 0 Å². The number of pyridine rings is 1. The van der Waals surface area contributed by atoms with Gasteiger partial charge in [0.25, 0.3) is 0 Å². The third-order valence-corrected chi connectivity index (χ3v) is 2.93. The second kappa shape index (κ2) is 5.36. The molecule has 0 aliphatic heterocycles. The normalized spacial score (nSPS) is 10.4. The van der Waals surface area contributed by atoms with Gasteiger partial charge in [0.15, 0.2) is 0 Å². The molecule has 2 aromatic rings. The molecule has 0 saturated carbocycles. The maximum absolute atomic E-state index is 13.5. The molecular weight excluding hydrogens is 251 g/mol. The van der Waals surface area contributed by atoms with Gasteiger partial charge in [-0.05, 0) is 42.7 Å². The van der Waals surface area contributed by atoms with Crippen LogP contribution in [-0.4, -0.2) is 4.98 Å². The molecule has 0 radical (unpaired) electrons. The van der Waals surface area contributed by atoms with Gasteiger partial charge in [0, 0.05) is 18.4 Å². The van der Waals surface area contributed by atoms with E-state index in [4.69, 9.17) is 11.6 Å². The van der Waals surface area contributed by atoms with Crippen molar-refractivity contribution in [3.63, 3.8) is 0 Å². The summed E-state index contributed by atoms with van der Waals surface area (Å²) in [4.78, 5) is 3.91. The Bertz CT molecular complexity index is 546. The second-order valence-corrected chi connectivity index (χ2v) is 4.65. The van der Waals surface area contributed by atoms with Crippen molar-refractivity contribution in [2.75, 3.05) is 5.32 Å². The van der Waals surface area contributed by atoms with Crippen LogP contribution in [0, 0.1) is 19.7 Å². The highest BCUT2D eigenvalue weighted by molar-refractivity contribution is 6.29. The fourth-order valence-corrected chi connectivity index (χ4v) is 2.03. The number of nitrogens with zero attached hydrogens (tertiary/aromatic N) is 1. The van der Waals surface area contributed by atoms with Crippen LogP contribution in [0.15, 0.2) is 30.5 Å². The molecule has 0 aliphatic carbocycles. The molecule has 0 aliphatic rings. The lowest BCUT2D eigenvalue weighted by atomic mass is 10.1. The molecule has 4 heteroatoms. The molecule has 0 unspecified atom stereocenters. The molecule has 1 heterocycles. The molecule has 18 heavy (non-hydrogen) atoms. The van der Waals surface area contributed by atoms with Crippen LogP contribution in [0.4, 0.5) is 10.1 Å². The molecule has 1 aromatic carbocycles. The maximum Gasteiger partial charge on any atom is 0.131 e. The molecule has 0 spiro atoms. The Hall–Kier alpha value is -1.61. The molecule has 0 bridgehead atoms. The van der Waals surface area contributed by atoms with Gasteiger partial charge >= 0.3 is 0 Å². The number of rotatable bonds is 3. The Labute approximate surface area is 111 Å². The summed E-state index contributed by atoms with van der Waals surface area (Å²) in [6.45, 7) is 4.17. The van der Waals surface area contributed by atoms with Gasteiger partial charge < -0.3 is 5.32 Å². The smallest absolute Gasteiger partial charge is 0.131 e. The zero-order chi connectivity index (χ0) is 13.1. The number of halogens is 2. The molecule has 0 amide bonds. The van der Waals surface area contributed by atoms with Crippen molar-refractivity contribution in [1.29, 1.82) is 0 Å². The summed E-state index contributed by atoms with van der Waals surface area (Å²) in [5, 5.41) is 3.68. The fourth-order valence-electron chi connectivity index (χ4n) is 1.85. The van der Waals surface area contributed by atoms with Crippen LogP contribution in [0.1, 0.15) is 16.7 Å². The molecule has 0 fully saturated rings. The number of benzene rings is 1. The Kier molecular flexibility index (Phi) is 3.82. The summed E-state index contributed by atoms with van der Waals surface area (Å²) < 4.78 is 13.5. The van der Waals surface area contributed by atoms with Crippen LogP contribution >= 0.6 is 11.6 Å². The van der Waals surface area contributed by atoms with Crippen molar-refractivity contribution < 1.29 is 4.39 Å². The summed E-state index contributed by atoms with van der Waals surface area (Å²) >= 11 is 5.80. The van der Waals surface area contributed by atoms with E-state index >= 15 is 0 Å². The number of anilines is 1. The van der Waals surface area contributed by atoms with E-state index in [0.29, 0.717) is 22.8 Å². The molecule has 0 saturated heterocycles. The van der Waals surface area contributed by atoms with Gasteiger partial charge in [-0.25, -0.2) is 9.37 Å². The van der Waals surface area contributed by atoms with Gasteiger partial charge in [-0.2, -0.15) is 0 Å². The van der Waals surface area contributed by atoms with Crippen molar-refractivity contribution in [3.05, 3.63) is 58.1 Å². The average Bonchev–Trinajstić information content (AvgIpc) is 2.33. The largest absolute Gasteiger partial charge is 0.381 e. The van der Waals surface area contributed by atoms with Crippen molar-refractivity contribution in [2.45, 2.75) is 20.4 Å². The lowest BCUT2D eigenvalue weighted by molar-refractivity contribution is 0.608. The zero-order valence-electron chi connectivity index (χ0n) is 10.3. The molecule has 2 nitrogen and oxygen atoms in total. The first-order chi connectivity index (χ1) is 8.56. The Morgan fingerprint density at radius 1 is 1.22 bits per heavy atom. The first kappa shape index (κ1) is 12.8. The quantitative estimate of drug-likeness (QED) is 0.844. The number of hydrogen-bond acceptors (Lipinski definition) is 2. The average molecular weight is 265 g/mol. The summed E-state index contributed by atoms with van der Waals surface area (Å²) in [5.41, 5.74) is 3.27. The number of aryl methyl sites for hydroxylation is 2. The molecule has 1 N–H and O–H groups in total. The van der Waals surface area contributed by atoms with Crippen molar-refractivity contribution in [1.82, 2.24) is 4.98 Å². The van der Waals surface area contributed by atoms with Crippen LogP contribution in [-0.2, 0) is 6.54 Å².